The highest BCUT2D eigenvalue weighted by molar-refractivity contribution is 6.05. The van der Waals surface area contributed by atoms with Crippen LogP contribution < -0.4 is 14.9 Å². The van der Waals surface area contributed by atoms with E-state index < -0.39 is 29.3 Å². The van der Waals surface area contributed by atoms with Crippen molar-refractivity contribution in [1.82, 2.24) is 9.78 Å². The number of benzene rings is 1. The predicted octanol–water partition coefficient (Wildman–Crippen LogP) is 3.79. The number of rotatable bonds is 5. The third-order valence-electron chi connectivity index (χ3n) is 6.21. The number of fused-ring (bicyclic) bond motifs is 1. The SMILES string of the molecule is CN(C)c1cc2nn(C3CCC(C)(O)CC3)cc2cc1NC(=O)c1cccc(C(F)F)[n+]1[O-]. The van der Waals surface area contributed by atoms with Gasteiger partial charge in [0.1, 0.15) is 0 Å². The molecule has 0 saturated heterocycles. The molecule has 1 saturated carbocycles. The number of halogens is 2. The first kappa shape index (κ1) is 22.9. The lowest BCUT2D eigenvalue weighted by atomic mass is 9.84. The van der Waals surface area contributed by atoms with Crippen LogP contribution in [0.1, 0.15) is 61.3 Å². The van der Waals surface area contributed by atoms with Gasteiger partial charge in [0.05, 0.1) is 28.5 Å². The average molecular weight is 459 g/mol. The molecule has 0 spiro atoms. The maximum Gasteiger partial charge on any atom is 0.322 e. The Kier molecular flexibility index (Phi) is 5.96. The van der Waals surface area contributed by atoms with Crippen molar-refractivity contribution >= 4 is 28.2 Å². The van der Waals surface area contributed by atoms with Gasteiger partial charge in [-0.25, -0.2) is 0 Å². The molecule has 2 N–H and O–H groups in total. The van der Waals surface area contributed by atoms with Crippen LogP contribution in [0.25, 0.3) is 10.9 Å². The Labute approximate surface area is 190 Å². The minimum atomic E-state index is -2.99. The first-order valence-corrected chi connectivity index (χ1v) is 10.8. The standard InChI is InChI=1S/C23H27F2N5O3/c1-23(32)9-7-15(8-10-23)29-13-14-11-17(20(28(2)3)12-16(14)27-29)26-22(31)19-6-4-5-18(21(24)25)30(19)33/h4-6,11-13,15,21,32H,7-10H2,1-3H3,(H,26,31). The van der Waals surface area contributed by atoms with Gasteiger partial charge in [-0.15, -0.1) is 0 Å². The fourth-order valence-electron chi connectivity index (χ4n) is 4.25. The van der Waals surface area contributed by atoms with Crippen LogP contribution in [0.15, 0.2) is 36.5 Å². The molecule has 2 aromatic heterocycles. The summed E-state index contributed by atoms with van der Waals surface area (Å²) >= 11 is 0. The highest BCUT2D eigenvalue weighted by atomic mass is 19.3. The van der Waals surface area contributed by atoms with Gasteiger partial charge in [0.25, 0.3) is 11.4 Å². The number of carbonyl (C=O) groups excluding carboxylic acids is 1. The summed E-state index contributed by atoms with van der Waals surface area (Å²) in [5.74, 6) is -0.781. The maximum absolute atomic E-state index is 13.1. The predicted molar refractivity (Wildman–Crippen MR) is 121 cm³/mol. The van der Waals surface area contributed by atoms with Crippen molar-refractivity contribution in [1.29, 1.82) is 0 Å². The molecule has 3 aromatic rings. The molecule has 1 aromatic carbocycles. The molecule has 1 aliphatic carbocycles. The second-order valence-corrected chi connectivity index (χ2v) is 9.04. The first-order valence-electron chi connectivity index (χ1n) is 10.8. The fraction of sp³-hybridized carbons (Fsp3) is 0.435. The Hall–Kier alpha value is -3.27. The Balaban J connectivity index is 1.65. The second kappa shape index (κ2) is 8.58. The van der Waals surface area contributed by atoms with E-state index in [1.807, 2.05) is 38.0 Å². The molecule has 1 fully saturated rings. The molecule has 10 heteroatoms. The van der Waals surface area contributed by atoms with Crippen molar-refractivity contribution in [3.8, 4) is 0 Å². The van der Waals surface area contributed by atoms with Crippen LogP contribution in [0.5, 0.6) is 0 Å². The highest BCUT2D eigenvalue weighted by Crippen LogP contribution is 2.36. The van der Waals surface area contributed by atoms with Crippen LogP contribution in [-0.4, -0.2) is 40.5 Å². The van der Waals surface area contributed by atoms with Crippen molar-refractivity contribution in [2.24, 2.45) is 0 Å². The number of carbonyl (C=O) groups is 1. The van der Waals surface area contributed by atoms with Gasteiger partial charge >= 0.3 is 12.3 Å². The molecule has 176 valence electrons. The van der Waals surface area contributed by atoms with Gasteiger partial charge in [0.2, 0.25) is 0 Å². The van der Waals surface area contributed by atoms with Gasteiger partial charge in [-0.2, -0.15) is 18.6 Å². The van der Waals surface area contributed by atoms with Gasteiger partial charge in [-0.05, 0) is 50.8 Å². The smallest absolute Gasteiger partial charge is 0.322 e. The quantitative estimate of drug-likeness (QED) is 0.447. The number of aliphatic hydroxyl groups is 1. The number of aromatic nitrogens is 3. The van der Waals surface area contributed by atoms with Crippen LogP contribution in [0, 0.1) is 5.21 Å². The molecule has 4 rings (SSSR count). The Bertz CT molecular complexity index is 1180. The van der Waals surface area contributed by atoms with E-state index in [2.05, 4.69) is 5.32 Å². The molecule has 33 heavy (non-hydrogen) atoms. The molecule has 1 aliphatic rings. The van der Waals surface area contributed by atoms with Crippen LogP contribution in [0.3, 0.4) is 0 Å². The number of alkyl halides is 2. The molecule has 0 unspecified atom stereocenters. The molecule has 0 bridgehead atoms. The summed E-state index contributed by atoms with van der Waals surface area (Å²) in [7, 11) is 3.62. The van der Waals surface area contributed by atoms with Gasteiger partial charge in [-0.1, -0.05) is 0 Å². The minimum absolute atomic E-state index is 0.0378. The van der Waals surface area contributed by atoms with E-state index in [1.54, 1.807) is 11.0 Å². The number of nitrogens with zero attached hydrogens (tertiary/aromatic N) is 4. The minimum Gasteiger partial charge on any atom is -0.618 e. The molecular formula is C23H27F2N5O3. The highest BCUT2D eigenvalue weighted by Gasteiger charge is 2.30. The molecule has 0 radical (unpaired) electrons. The number of amides is 1. The van der Waals surface area contributed by atoms with Crippen molar-refractivity contribution in [2.45, 2.75) is 50.7 Å². The summed E-state index contributed by atoms with van der Waals surface area (Å²) in [5, 5.41) is 30.6. The molecule has 0 atom stereocenters. The van der Waals surface area contributed by atoms with E-state index in [1.165, 1.54) is 12.1 Å². The summed E-state index contributed by atoms with van der Waals surface area (Å²) in [6, 6.07) is 7.23. The summed E-state index contributed by atoms with van der Waals surface area (Å²) in [4.78, 5) is 14.6. The summed E-state index contributed by atoms with van der Waals surface area (Å²) in [6.45, 7) is 1.85. The lowest BCUT2D eigenvalue weighted by Gasteiger charge is -2.33. The lowest BCUT2D eigenvalue weighted by molar-refractivity contribution is -0.621. The van der Waals surface area contributed by atoms with Crippen molar-refractivity contribution < 1.29 is 23.4 Å². The van der Waals surface area contributed by atoms with Crippen molar-refractivity contribution in [3.63, 3.8) is 0 Å². The second-order valence-electron chi connectivity index (χ2n) is 9.04. The molecular weight excluding hydrogens is 432 g/mol. The van der Waals surface area contributed by atoms with E-state index in [9.17, 15) is 23.9 Å². The summed E-state index contributed by atoms with van der Waals surface area (Å²) in [5.41, 5.74) is 0.00800. The Morgan fingerprint density at radius 3 is 2.67 bits per heavy atom. The first-order chi connectivity index (χ1) is 15.6. The van der Waals surface area contributed by atoms with Crippen molar-refractivity contribution in [3.05, 3.63) is 53.1 Å². The van der Waals surface area contributed by atoms with Crippen LogP contribution >= 0.6 is 0 Å². The Morgan fingerprint density at radius 2 is 2.03 bits per heavy atom. The number of nitrogens with one attached hydrogen (secondary N) is 1. The monoisotopic (exact) mass is 459 g/mol. The average Bonchev–Trinajstić information content (AvgIpc) is 3.15. The fourth-order valence-corrected chi connectivity index (χ4v) is 4.25. The van der Waals surface area contributed by atoms with Gasteiger partial charge < -0.3 is 20.5 Å². The summed E-state index contributed by atoms with van der Waals surface area (Å²) < 4.78 is 28.0. The number of anilines is 2. The topological polar surface area (TPSA) is 97.3 Å². The molecule has 2 heterocycles. The number of hydrogen-bond donors (Lipinski definition) is 2. The largest absolute Gasteiger partial charge is 0.618 e. The number of hydrogen-bond acceptors (Lipinski definition) is 5. The maximum atomic E-state index is 13.1. The van der Waals surface area contributed by atoms with E-state index in [-0.39, 0.29) is 10.8 Å². The zero-order valence-corrected chi connectivity index (χ0v) is 18.8. The van der Waals surface area contributed by atoms with E-state index >= 15 is 0 Å². The Morgan fingerprint density at radius 1 is 1.33 bits per heavy atom. The zero-order chi connectivity index (χ0) is 23.9. The molecule has 0 aliphatic heterocycles. The lowest BCUT2D eigenvalue weighted by Crippen LogP contribution is -2.40. The van der Waals surface area contributed by atoms with E-state index in [0.29, 0.717) is 24.2 Å². The van der Waals surface area contributed by atoms with E-state index in [4.69, 9.17) is 5.10 Å². The van der Waals surface area contributed by atoms with Gasteiger partial charge in [0, 0.05) is 37.8 Å². The van der Waals surface area contributed by atoms with Crippen molar-refractivity contribution in [2.75, 3.05) is 24.3 Å². The van der Waals surface area contributed by atoms with Crippen LogP contribution in [0.4, 0.5) is 20.2 Å². The third kappa shape index (κ3) is 4.61. The molecule has 1 amide bonds. The number of pyridine rings is 1. The molecule has 8 nitrogen and oxygen atoms in total. The van der Waals surface area contributed by atoms with Crippen LogP contribution in [-0.2, 0) is 0 Å². The van der Waals surface area contributed by atoms with Gasteiger partial charge in [0.15, 0.2) is 0 Å². The zero-order valence-electron chi connectivity index (χ0n) is 18.8. The van der Waals surface area contributed by atoms with Gasteiger partial charge in [-0.3, -0.25) is 9.48 Å². The summed E-state index contributed by atoms with van der Waals surface area (Å²) in [6.07, 6.45) is 1.94. The van der Waals surface area contributed by atoms with Crippen LogP contribution in [0.2, 0.25) is 0 Å². The third-order valence-corrected chi connectivity index (χ3v) is 6.21. The normalized spacial score (nSPS) is 20.9. The van der Waals surface area contributed by atoms with E-state index in [0.717, 1.165) is 29.8 Å².